The van der Waals surface area contributed by atoms with Crippen LogP contribution in [0.4, 0.5) is 10.5 Å². The normalized spacial score (nSPS) is 21.1. The molecule has 6 atom stereocenters. The maximum atomic E-state index is 16.4. The van der Waals surface area contributed by atoms with Crippen LogP contribution in [0.5, 0.6) is 5.75 Å². The summed E-state index contributed by atoms with van der Waals surface area (Å²) in [6.45, 7) is -0.413. The number of anilines is 1. The van der Waals surface area contributed by atoms with Gasteiger partial charge in [0.1, 0.15) is 36.5 Å². The van der Waals surface area contributed by atoms with E-state index >= 15 is 14.4 Å². The van der Waals surface area contributed by atoms with Gasteiger partial charge in [0.05, 0.1) is 51.1 Å². The third kappa shape index (κ3) is 9.69. The van der Waals surface area contributed by atoms with E-state index in [2.05, 4.69) is 22.1 Å². The number of benzene rings is 4. The van der Waals surface area contributed by atoms with Crippen molar-refractivity contribution in [1.82, 2.24) is 15.2 Å². The van der Waals surface area contributed by atoms with Crippen molar-refractivity contribution in [3.05, 3.63) is 161 Å². The number of amides is 3. The molecule has 2 saturated heterocycles. The zero-order valence-electron chi connectivity index (χ0n) is 39.2. The van der Waals surface area contributed by atoms with Crippen LogP contribution in [0.3, 0.4) is 0 Å². The molecule has 0 radical (unpaired) electrons. The minimum Gasteiger partial charge on any atom is -0.491 e. The predicted molar refractivity (Wildman–Crippen MR) is 254 cm³/mol. The molecule has 4 heterocycles. The van der Waals surface area contributed by atoms with Gasteiger partial charge in [0, 0.05) is 44.0 Å². The number of pyridine rings is 1. The summed E-state index contributed by atoms with van der Waals surface area (Å²) in [7, 11) is 3.71. The highest BCUT2D eigenvalue weighted by Gasteiger charge is 2.75. The van der Waals surface area contributed by atoms with Gasteiger partial charge in [0.15, 0.2) is 5.92 Å². The highest BCUT2D eigenvalue weighted by Crippen LogP contribution is 2.66. The Kier molecular flexibility index (Phi) is 15.5. The summed E-state index contributed by atoms with van der Waals surface area (Å²) in [4.78, 5) is 94.3. The second-order valence-corrected chi connectivity index (χ2v) is 16.9. The van der Waals surface area contributed by atoms with Crippen molar-refractivity contribution in [3.8, 4) is 17.6 Å². The van der Waals surface area contributed by atoms with Gasteiger partial charge in [-0.3, -0.25) is 33.9 Å². The number of aliphatic hydroxyl groups is 1. The molecular formula is C54H52N4O13. The van der Waals surface area contributed by atoms with Crippen LogP contribution in [0.25, 0.3) is 0 Å². The van der Waals surface area contributed by atoms with Crippen molar-refractivity contribution in [2.75, 3.05) is 59.2 Å². The van der Waals surface area contributed by atoms with Gasteiger partial charge in [0.25, 0.3) is 0 Å². The number of nitrogens with zero attached hydrogens (tertiary/aromatic N) is 3. The molecule has 0 bridgehead atoms. The molecule has 3 aliphatic rings. The molecule has 2 fully saturated rings. The number of methoxy groups -OCH3 is 3. The molecule has 1 spiro atoms. The summed E-state index contributed by atoms with van der Waals surface area (Å²) < 4.78 is 32.8. The molecule has 5 aromatic rings. The molecule has 0 aliphatic carbocycles. The summed E-state index contributed by atoms with van der Waals surface area (Å²) in [6.07, 6.45) is -0.392. The number of carbonyl (C=O) groups is 6. The van der Waals surface area contributed by atoms with Gasteiger partial charge in [-0.1, -0.05) is 90.7 Å². The lowest BCUT2D eigenvalue weighted by molar-refractivity contribution is -0.178. The second-order valence-electron chi connectivity index (χ2n) is 16.9. The van der Waals surface area contributed by atoms with E-state index in [1.165, 1.54) is 13.2 Å². The van der Waals surface area contributed by atoms with Crippen LogP contribution in [0, 0.1) is 23.7 Å². The van der Waals surface area contributed by atoms with Gasteiger partial charge < -0.3 is 38.8 Å². The van der Waals surface area contributed by atoms with Crippen LogP contribution >= 0.6 is 0 Å². The van der Waals surface area contributed by atoms with E-state index in [0.717, 1.165) is 19.1 Å². The molecule has 0 saturated carbocycles. The van der Waals surface area contributed by atoms with Crippen LogP contribution in [-0.4, -0.2) is 111 Å². The first-order valence-corrected chi connectivity index (χ1v) is 23.0. The Bertz CT molecular complexity index is 2790. The van der Waals surface area contributed by atoms with Crippen LogP contribution in [0.15, 0.2) is 128 Å². The highest BCUT2D eigenvalue weighted by molar-refractivity contribution is 6.23. The number of rotatable bonds is 16. The standard InChI is InChI=1S/C54H52N4O13/c1-66-31-32-70-53(65)57-42-25-20-34(13-12-19-40(49(61)67-2)50(62)68-3)33-41(42)54(52(57)64)43(48(60)56-28-26-38-18-10-11-27-55-38)45-51(63)71-46(36-16-8-5-9-17-36)44(35-14-6-4-7-15-35)58(45)47(54)37-21-23-39(24-22-37)69-30-29-59/h4-11,14-18,20-25,27,33,40,43-47,59H,19,26,28-32H2,1-3H3,(H,56,60). The van der Waals surface area contributed by atoms with Gasteiger partial charge in [-0.25, -0.2) is 9.69 Å². The van der Waals surface area contributed by atoms with Crippen molar-refractivity contribution >= 4 is 41.5 Å². The summed E-state index contributed by atoms with van der Waals surface area (Å²) in [6, 6.07) is 31.8. The summed E-state index contributed by atoms with van der Waals surface area (Å²) in [5, 5.41) is 12.6. The van der Waals surface area contributed by atoms with Gasteiger partial charge in [-0.05, 0) is 64.7 Å². The fourth-order valence-corrected chi connectivity index (χ4v) is 9.92. The quantitative estimate of drug-likeness (QED) is 0.0440. The lowest BCUT2D eigenvalue weighted by Gasteiger charge is -2.46. The lowest BCUT2D eigenvalue weighted by Crippen LogP contribution is -2.56. The topological polar surface area (TPSA) is 209 Å². The number of esters is 3. The van der Waals surface area contributed by atoms with Gasteiger partial charge in [-0.2, -0.15) is 0 Å². The molecule has 17 heteroatoms. The number of ether oxygens (including phenoxy) is 6. The third-order valence-corrected chi connectivity index (χ3v) is 12.9. The predicted octanol–water partition coefficient (Wildman–Crippen LogP) is 4.96. The van der Waals surface area contributed by atoms with Crippen molar-refractivity contribution in [2.45, 2.75) is 42.5 Å². The maximum absolute atomic E-state index is 16.4. The molecular weight excluding hydrogens is 913 g/mol. The van der Waals surface area contributed by atoms with Gasteiger partial charge in [0.2, 0.25) is 11.8 Å². The van der Waals surface area contributed by atoms with Crippen molar-refractivity contribution in [2.24, 2.45) is 11.8 Å². The average molecular weight is 965 g/mol. The Morgan fingerprint density at radius 1 is 0.803 bits per heavy atom. The minimum atomic E-state index is -2.14. The molecule has 3 aliphatic heterocycles. The van der Waals surface area contributed by atoms with Crippen LogP contribution in [0.1, 0.15) is 58.1 Å². The molecule has 3 amide bonds. The van der Waals surface area contributed by atoms with Crippen molar-refractivity contribution < 1.29 is 62.3 Å². The molecule has 2 N–H and O–H groups in total. The summed E-state index contributed by atoms with van der Waals surface area (Å²) in [5.74, 6) is -0.735. The smallest absolute Gasteiger partial charge is 0.421 e. The molecule has 1 aromatic heterocycles. The number of aliphatic hydroxyl groups excluding tert-OH is 1. The highest BCUT2D eigenvalue weighted by atomic mass is 16.6. The van der Waals surface area contributed by atoms with Crippen LogP contribution in [-0.2, 0) is 59.5 Å². The van der Waals surface area contributed by atoms with Gasteiger partial charge in [-0.15, -0.1) is 0 Å². The van der Waals surface area contributed by atoms with E-state index in [-0.39, 0.29) is 56.2 Å². The molecule has 4 aromatic carbocycles. The van der Waals surface area contributed by atoms with Crippen molar-refractivity contribution in [1.29, 1.82) is 0 Å². The Balaban J connectivity index is 1.41. The number of cyclic esters (lactones) is 1. The van der Waals surface area contributed by atoms with E-state index in [9.17, 15) is 19.5 Å². The number of hydrogen-bond donors (Lipinski definition) is 2. The van der Waals surface area contributed by atoms with Crippen LogP contribution in [0.2, 0.25) is 0 Å². The first kappa shape index (κ1) is 49.5. The fraction of sp³-hybridized carbons (Fsp3) is 0.315. The molecule has 366 valence electrons. The lowest BCUT2D eigenvalue weighted by atomic mass is 9.65. The van der Waals surface area contributed by atoms with Crippen LogP contribution < -0.4 is 15.0 Å². The first-order chi connectivity index (χ1) is 34.6. The number of fused-ring (bicyclic) bond motifs is 3. The summed E-state index contributed by atoms with van der Waals surface area (Å²) >= 11 is 0. The third-order valence-electron chi connectivity index (χ3n) is 12.9. The Morgan fingerprint density at radius 3 is 2.14 bits per heavy atom. The Morgan fingerprint density at radius 2 is 1.49 bits per heavy atom. The largest absolute Gasteiger partial charge is 0.491 e. The van der Waals surface area contributed by atoms with E-state index in [4.69, 9.17) is 28.4 Å². The number of morpholine rings is 1. The number of nitrogens with one attached hydrogen (secondary N) is 1. The van der Waals surface area contributed by atoms with E-state index in [1.807, 2.05) is 77.7 Å². The Labute approximate surface area is 409 Å². The average Bonchev–Trinajstić information content (AvgIpc) is 3.86. The second kappa shape index (κ2) is 22.2. The van der Waals surface area contributed by atoms with E-state index < -0.39 is 77.3 Å². The van der Waals surface area contributed by atoms with E-state index in [1.54, 1.807) is 48.7 Å². The first-order valence-electron chi connectivity index (χ1n) is 23.0. The monoisotopic (exact) mass is 964 g/mol. The summed E-state index contributed by atoms with van der Waals surface area (Å²) in [5.41, 5.74) is 0.846. The van der Waals surface area contributed by atoms with Crippen molar-refractivity contribution in [3.63, 3.8) is 0 Å². The van der Waals surface area contributed by atoms with E-state index in [0.29, 0.717) is 34.6 Å². The number of carbonyl (C=O) groups excluding carboxylic acids is 6. The Hall–Kier alpha value is -7.91. The molecule has 71 heavy (non-hydrogen) atoms. The zero-order chi connectivity index (χ0) is 50.1. The maximum Gasteiger partial charge on any atom is 0.421 e. The fourth-order valence-electron chi connectivity index (χ4n) is 9.92. The number of hydrogen-bond acceptors (Lipinski definition) is 15. The zero-order valence-corrected chi connectivity index (χ0v) is 39.2. The SMILES string of the molecule is COCCOC(=O)N1C(=O)C2(c3cc(C#CCC(C(=O)OC)C(=O)OC)ccc31)C(C(=O)NCCc1ccccn1)C1C(=O)OC(c3ccccc3)C(c3ccccc3)N1C2c1ccc(OCCO)cc1. The molecule has 8 rings (SSSR count). The number of aromatic nitrogens is 1. The number of imide groups is 1. The minimum absolute atomic E-state index is 0.00183. The molecule has 6 unspecified atom stereocenters. The van der Waals surface area contributed by atoms with Gasteiger partial charge >= 0.3 is 24.0 Å². The molecule has 17 nitrogen and oxygen atoms in total.